The predicted molar refractivity (Wildman–Crippen MR) is 84.2 cm³/mol. The van der Waals surface area contributed by atoms with Crippen LogP contribution < -0.4 is 5.32 Å². The number of aromatic nitrogens is 4. The molecule has 1 saturated carbocycles. The summed E-state index contributed by atoms with van der Waals surface area (Å²) in [5.41, 5.74) is 2.32. The largest absolute Gasteiger partial charge is 0.370 e. The maximum Gasteiger partial charge on any atom is 0.135 e. The van der Waals surface area contributed by atoms with Gasteiger partial charge in [0.2, 0.25) is 0 Å². The van der Waals surface area contributed by atoms with Crippen LogP contribution in [0.4, 0.5) is 5.82 Å². The molecule has 1 N–H and O–H groups in total. The van der Waals surface area contributed by atoms with E-state index < -0.39 is 0 Å². The highest BCUT2D eigenvalue weighted by atomic mass is 15.2. The van der Waals surface area contributed by atoms with Crippen molar-refractivity contribution >= 4 is 5.82 Å². The summed E-state index contributed by atoms with van der Waals surface area (Å²) >= 11 is 0. The molecular weight excluding hydrogens is 262 g/mol. The normalized spacial score (nSPS) is 19.5. The number of aryl methyl sites for hydroxylation is 1. The zero-order chi connectivity index (χ0) is 15.0. The first-order valence-corrected chi connectivity index (χ1v) is 7.61. The van der Waals surface area contributed by atoms with E-state index in [-0.39, 0.29) is 0 Å². The SMILES string of the molecule is CCCNc1cc(-c2cnn(C)c2)nc(C2CC2(C)C)n1. The van der Waals surface area contributed by atoms with E-state index in [1.54, 1.807) is 4.68 Å². The van der Waals surface area contributed by atoms with E-state index in [1.807, 2.05) is 25.5 Å². The Hall–Kier alpha value is -1.91. The molecule has 2 heterocycles. The monoisotopic (exact) mass is 285 g/mol. The molecule has 1 atom stereocenters. The van der Waals surface area contributed by atoms with Crippen LogP contribution in [-0.2, 0) is 7.05 Å². The van der Waals surface area contributed by atoms with Crippen LogP contribution in [0.3, 0.4) is 0 Å². The van der Waals surface area contributed by atoms with E-state index in [9.17, 15) is 0 Å². The van der Waals surface area contributed by atoms with Crippen LogP contribution >= 0.6 is 0 Å². The highest BCUT2D eigenvalue weighted by Crippen LogP contribution is 2.57. The summed E-state index contributed by atoms with van der Waals surface area (Å²) < 4.78 is 1.80. The zero-order valence-electron chi connectivity index (χ0n) is 13.2. The molecule has 0 amide bonds. The molecule has 1 unspecified atom stereocenters. The molecule has 21 heavy (non-hydrogen) atoms. The molecule has 0 radical (unpaired) electrons. The fourth-order valence-electron chi connectivity index (χ4n) is 2.57. The van der Waals surface area contributed by atoms with E-state index in [1.165, 1.54) is 0 Å². The Morgan fingerprint density at radius 2 is 2.14 bits per heavy atom. The maximum atomic E-state index is 4.78. The van der Waals surface area contributed by atoms with Gasteiger partial charge in [0.25, 0.3) is 0 Å². The van der Waals surface area contributed by atoms with Crippen LogP contribution in [0.25, 0.3) is 11.3 Å². The summed E-state index contributed by atoms with van der Waals surface area (Å²) in [7, 11) is 1.92. The summed E-state index contributed by atoms with van der Waals surface area (Å²) in [6.07, 6.45) is 6.09. The van der Waals surface area contributed by atoms with Gasteiger partial charge < -0.3 is 5.32 Å². The summed E-state index contributed by atoms with van der Waals surface area (Å²) in [5.74, 6) is 2.35. The van der Waals surface area contributed by atoms with E-state index in [2.05, 4.69) is 31.2 Å². The van der Waals surface area contributed by atoms with E-state index in [0.717, 1.165) is 42.3 Å². The van der Waals surface area contributed by atoms with Gasteiger partial charge in [-0.15, -0.1) is 0 Å². The number of rotatable bonds is 5. The highest BCUT2D eigenvalue weighted by molar-refractivity contribution is 5.61. The second-order valence-electron chi connectivity index (χ2n) is 6.57. The third-order valence-corrected chi connectivity index (χ3v) is 4.13. The summed E-state index contributed by atoms with van der Waals surface area (Å²) in [6, 6.07) is 2.02. The molecule has 112 valence electrons. The molecule has 2 aromatic rings. The quantitative estimate of drug-likeness (QED) is 0.916. The number of nitrogens with zero attached hydrogens (tertiary/aromatic N) is 4. The van der Waals surface area contributed by atoms with Crippen LogP contribution in [0.5, 0.6) is 0 Å². The molecule has 1 fully saturated rings. The van der Waals surface area contributed by atoms with Gasteiger partial charge in [0.15, 0.2) is 0 Å². The molecule has 3 rings (SSSR count). The summed E-state index contributed by atoms with van der Waals surface area (Å²) in [5, 5.41) is 7.62. The number of hydrogen-bond donors (Lipinski definition) is 1. The Labute approximate surface area is 125 Å². The molecule has 5 heteroatoms. The van der Waals surface area contributed by atoms with Crippen molar-refractivity contribution in [3.05, 3.63) is 24.3 Å². The summed E-state index contributed by atoms with van der Waals surface area (Å²) in [4.78, 5) is 9.49. The molecule has 2 aromatic heterocycles. The van der Waals surface area contributed by atoms with Gasteiger partial charge in [0, 0.05) is 37.3 Å². The molecular formula is C16H23N5. The van der Waals surface area contributed by atoms with Gasteiger partial charge in [-0.3, -0.25) is 4.68 Å². The third-order valence-electron chi connectivity index (χ3n) is 4.13. The Balaban J connectivity index is 1.97. The van der Waals surface area contributed by atoms with Crippen LogP contribution in [0.1, 0.15) is 45.4 Å². The van der Waals surface area contributed by atoms with Gasteiger partial charge in [-0.1, -0.05) is 20.8 Å². The molecule has 0 spiro atoms. The average Bonchev–Trinajstić information content (AvgIpc) is 2.88. The molecule has 1 aliphatic carbocycles. The molecule has 0 aliphatic heterocycles. The van der Waals surface area contributed by atoms with Gasteiger partial charge in [-0.2, -0.15) is 5.10 Å². The van der Waals surface area contributed by atoms with E-state index in [4.69, 9.17) is 9.97 Å². The van der Waals surface area contributed by atoms with Crippen molar-refractivity contribution in [2.45, 2.75) is 39.5 Å². The van der Waals surface area contributed by atoms with E-state index >= 15 is 0 Å². The number of nitrogens with one attached hydrogen (secondary N) is 1. The van der Waals surface area contributed by atoms with Crippen LogP contribution in [-0.4, -0.2) is 26.3 Å². The predicted octanol–water partition coefficient (Wildman–Crippen LogP) is 3.21. The van der Waals surface area contributed by atoms with Crippen molar-refractivity contribution in [1.82, 2.24) is 19.7 Å². The van der Waals surface area contributed by atoms with Crippen LogP contribution in [0, 0.1) is 5.41 Å². The fraction of sp³-hybridized carbons (Fsp3) is 0.562. The smallest absolute Gasteiger partial charge is 0.135 e. The minimum absolute atomic E-state index is 0.329. The molecule has 0 saturated heterocycles. The Bertz CT molecular complexity index is 644. The first kappa shape index (κ1) is 14.0. The second-order valence-corrected chi connectivity index (χ2v) is 6.57. The van der Waals surface area contributed by atoms with Crippen molar-refractivity contribution in [2.24, 2.45) is 12.5 Å². The first-order chi connectivity index (χ1) is 9.99. The third kappa shape index (κ3) is 2.91. The Morgan fingerprint density at radius 1 is 1.38 bits per heavy atom. The van der Waals surface area contributed by atoms with Gasteiger partial charge >= 0.3 is 0 Å². The average molecular weight is 285 g/mol. The zero-order valence-corrected chi connectivity index (χ0v) is 13.2. The van der Waals surface area contributed by atoms with Crippen molar-refractivity contribution in [1.29, 1.82) is 0 Å². The maximum absolute atomic E-state index is 4.78. The van der Waals surface area contributed by atoms with Crippen molar-refractivity contribution in [3.8, 4) is 11.3 Å². The second kappa shape index (κ2) is 5.13. The van der Waals surface area contributed by atoms with Gasteiger partial charge in [-0.05, 0) is 18.3 Å². The van der Waals surface area contributed by atoms with Crippen LogP contribution in [0.2, 0.25) is 0 Å². The first-order valence-electron chi connectivity index (χ1n) is 7.61. The lowest BCUT2D eigenvalue weighted by Gasteiger charge is -2.09. The van der Waals surface area contributed by atoms with Crippen LogP contribution in [0.15, 0.2) is 18.5 Å². The molecule has 0 aromatic carbocycles. The lowest BCUT2D eigenvalue weighted by atomic mass is 10.1. The lowest BCUT2D eigenvalue weighted by Crippen LogP contribution is -2.06. The van der Waals surface area contributed by atoms with Gasteiger partial charge in [0.1, 0.15) is 11.6 Å². The molecule has 0 bridgehead atoms. The van der Waals surface area contributed by atoms with Crippen molar-refractivity contribution in [2.75, 3.05) is 11.9 Å². The lowest BCUT2D eigenvalue weighted by molar-refractivity contribution is 0.609. The van der Waals surface area contributed by atoms with Gasteiger partial charge in [-0.25, -0.2) is 9.97 Å². The molecule has 5 nitrogen and oxygen atoms in total. The summed E-state index contributed by atoms with van der Waals surface area (Å²) in [6.45, 7) is 7.63. The minimum atomic E-state index is 0.329. The van der Waals surface area contributed by atoms with E-state index in [0.29, 0.717) is 11.3 Å². The minimum Gasteiger partial charge on any atom is -0.370 e. The fourth-order valence-corrected chi connectivity index (χ4v) is 2.57. The highest BCUT2D eigenvalue weighted by Gasteiger charge is 2.48. The topological polar surface area (TPSA) is 55.6 Å². The number of anilines is 1. The molecule has 1 aliphatic rings. The van der Waals surface area contributed by atoms with Crippen molar-refractivity contribution in [3.63, 3.8) is 0 Å². The van der Waals surface area contributed by atoms with Crippen molar-refractivity contribution < 1.29 is 0 Å². The standard InChI is InChI=1S/C16H23N5/c1-5-6-17-14-7-13(11-9-18-21(4)10-11)19-15(20-14)12-8-16(12,2)3/h7,9-10,12H,5-6,8H2,1-4H3,(H,17,19,20). The Kier molecular flexibility index (Phi) is 3.43. The number of hydrogen-bond acceptors (Lipinski definition) is 4. The Morgan fingerprint density at radius 3 is 2.71 bits per heavy atom. The van der Waals surface area contributed by atoms with Gasteiger partial charge in [0.05, 0.1) is 11.9 Å².